The van der Waals surface area contributed by atoms with E-state index in [1.165, 1.54) is 6.20 Å². The number of carbonyl (C=O) groups is 1. The van der Waals surface area contributed by atoms with Crippen LogP contribution in [0.15, 0.2) is 11.0 Å². The topological polar surface area (TPSA) is 123 Å². The molecule has 0 aromatic carbocycles. The number of rotatable bonds is 5. The molecule has 140 valence electrons. The Morgan fingerprint density at radius 1 is 1.56 bits per heavy atom. The van der Waals surface area contributed by atoms with E-state index >= 15 is 0 Å². The van der Waals surface area contributed by atoms with E-state index in [1.54, 1.807) is 18.7 Å². The highest BCUT2D eigenvalue weighted by molar-refractivity contribution is 14.1. The number of amides is 1. The number of ether oxygens (including phenoxy) is 2. The number of thioether (sulfide) groups is 1. The van der Waals surface area contributed by atoms with Crippen molar-refractivity contribution in [3.8, 4) is 0 Å². The molecule has 1 aromatic heterocycles. The number of aliphatic hydroxyl groups excluding tert-OH is 2. The molecule has 1 aromatic rings. The van der Waals surface area contributed by atoms with Gasteiger partial charge in [0.2, 0.25) is 0 Å². The number of hydrogen-bond acceptors (Lipinski definition) is 8. The second-order valence-electron chi connectivity index (χ2n) is 5.61. The van der Waals surface area contributed by atoms with Crippen molar-refractivity contribution in [2.24, 2.45) is 0 Å². The van der Waals surface area contributed by atoms with Gasteiger partial charge in [-0.05, 0) is 35.8 Å². The summed E-state index contributed by atoms with van der Waals surface area (Å²) in [7, 11) is 0. The molecule has 3 unspecified atom stereocenters. The van der Waals surface area contributed by atoms with Gasteiger partial charge in [-0.15, -0.1) is 0 Å². The van der Waals surface area contributed by atoms with Crippen LogP contribution in [0.4, 0.5) is 10.6 Å². The average molecular weight is 485 g/mol. The molecule has 1 saturated heterocycles. The van der Waals surface area contributed by atoms with E-state index in [-0.39, 0.29) is 17.7 Å². The van der Waals surface area contributed by atoms with Gasteiger partial charge in [-0.1, -0.05) is 6.92 Å². The second-order valence-corrected chi connectivity index (χ2v) is 8.05. The van der Waals surface area contributed by atoms with Crippen molar-refractivity contribution < 1.29 is 24.5 Å². The van der Waals surface area contributed by atoms with Crippen molar-refractivity contribution in [2.75, 3.05) is 18.2 Å². The Balaban J connectivity index is 2.12. The summed E-state index contributed by atoms with van der Waals surface area (Å²) in [5.41, 5.74) is -0.724. The Labute approximate surface area is 162 Å². The Kier molecular flexibility index (Phi) is 7.08. The summed E-state index contributed by atoms with van der Waals surface area (Å²) in [6.07, 6.45) is -1.40. The Hall–Kier alpha value is -0.890. The molecule has 0 saturated carbocycles. The molecule has 1 fully saturated rings. The first-order valence-electron chi connectivity index (χ1n) is 7.51. The molecular weight excluding hydrogens is 465 g/mol. The van der Waals surface area contributed by atoms with Gasteiger partial charge in [-0.3, -0.25) is 9.88 Å². The van der Waals surface area contributed by atoms with Crippen LogP contribution in [0.5, 0.6) is 0 Å². The Morgan fingerprint density at radius 3 is 2.80 bits per heavy atom. The molecule has 2 heterocycles. The zero-order chi connectivity index (χ0) is 18.7. The summed E-state index contributed by atoms with van der Waals surface area (Å²) in [5, 5.41) is 22.3. The number of halogens is 1. The minimum absolute atomic E-state index is 0.0599. The van der Waals surface area contributed by atoms with Gasteiger partial charge in [0.1, 0.15) is 18.8 Å². The lowest BCUT2D eigenvalue weighted by Crippen LogP contribution is -2.36. The summed E-state index contributed by atoms with van der Waals surface area (Å²) < 4.78 is 12.0. The number of aliphatic hydroxyl groups is 2. The maximum atomic E-state index is 12.2. The largest absolute Gasteiger partial charge is 0.448 e. The number of aromatic nitrogens is 2. The molecule has 0 bridgehead atoms. The SMILES string of the molecule is CSC(C)COC(=O)Nc1nc(=O)n([C@@H]2O[C@H](C)C(O)C2O)cc1I. The van der Waals surface area contributed by atoms with E-state index in [0.29, 0.717) is 3.57 Å². The lowest BCUT2D eigenvalue weighted by atomic mass is 10.1. The van der Waals surface area contributed by atoms with Gasteiger partial charge >= 0.3 is 11.8 Å². The highest BCUT2D eigenvalue weighted by atomic mass is 127. The summed E-state index contributed by atoms with van der Waals surface area (Å²) in [6, 6.07) is 0. The van der Waals surface area contributed by atoms with Crippen LogP contribution in [-0.2, 0) is 9.47 Å². The van der Waals surface area contributed by atoms with Gasteiger partial charge in [0.15, 0.2) is 12.0 Å². The number of hydrogen-bond donors (Lipinski definition) is 3. The summed E-state index contributed by atoms with van der Waals surface area (Å²) in [6.45, 7) is 3.75. The Morgan fingerprint density at radius 2 is 2.24 bits per heavy atom. The van der Waals surface area contributed by atoms with Crippen LogP contribution in [0.25, 0.3) is 0 Å². The van der Waals surface area contributed by atoms with Crippen molar-refractivity contribution in [1.29, 1.82) is 0 Å². The van der Waals surface area contributed by atoms with Crippen LogP contribution in [0, 0.1) is 3.57 Å². The molecule has 1 aliphatic heterocycles. The molecular formula is C14H20IN3O6S. The van der Waals surface area contributed by atoms with Crippen LogP contribution >= 0.6 is 34.4 Å². The zero-order valence-corrected chi connectivity index (χ0v) is 16.9. The minimum atomic E-state index is -1.25. The molecule has 9 nitrogen and oxygen atoms in total. The van der Waals surface area contributed by atoms with Crippen LogP contribution in [-0.4, -0.2) is 62.3 Å². The smallest absolute Gasteiger partial charge is 0.412 e. The van der Waals surface area contributed by atoms with Crippen molar-refractivity contribution in [3.63, 3.8) is 0 Å². The van der Waals surface area contributed by atoms with E-state index in [9.17, 15) is 19.8 Å². The van der Waals surface area contributed by atoms with Gasteiger partial charge in [-0.25, -0.2) is 9.59 Å². The predicted octanol–water partition coefficient (Wildman–Crippen LogP) is 0.787. The number of nitrogens with one attached hydrogen (secondary N) is 1. The predicted molar refractivity (Wildman–Crippen MR) is 101 cm³/mol. The average Bonchev–Trinajstić information content (AvgIpc) is 2.83. The molecule has 0 radical (unpaired) electrons. The van der Waals surface area contributed by atoms with Crippen LogP contribution in [0.3, 0.4) is 0 Å². The van der Waals surface area contributed by atoms with Crippen molar-refractivity contribution >= 4 is 46.3 Å². The molecule has 1 amide bonds. The van der Waals surface area contributed by atoms with Gasteiger partial charge < -0.3 is 19.7 Å². The molecule has 1 aliphatic rings. The fourth-order valence-corrected chi connectivity index (χ4v) is 2.93. The van der Waals surface area contributed by atoms with Crippen LogP contribution in [0.1, 0.15) is 20.1 Å². The molecule has 3 N–H and O–H groups in total. The van der Waals surface area contributed by atoms with Crippen LogP contribution in [0.2, 0.25) is 0 Å². The molecule has 25 heavy (non-hydrogen) atoms. The highest BCUT2D eigenvalue weighted by Crippen LogP contribution is 2.28. The molecule has 2 rings (SSSR count). The van der Waals surface area contributed by atoms with Crippen molar-refractivity contribution in [2.45, 2.75) is 43.6 Å². The summed E-state index contributed by atoms with van der Waals surface area (Å²) in [4.78, 5) is 27.8. The number of anilines is 1. The number of carbonyl (C=O) groups excluding carboxylic acids is 1. The van der Waals surface area contributed by atoms with Gasteiger partial charge in [-0.2, -0.15) is 16.7 Å². The van der Waals surface area contributed by atoms with E-state index in [1.807, 2.05) is 35.8 Å². The maximum Gasteiger partial charge on any atom is 0.412 e. The first kappa shape index (κ1) is 20.4. The van der Waals surface area contributed by atoms with E-state index < -0.39 is 36.3 Å². The third kappa shape index (κ3) is 4.84. The molecule has 11 heteroatoms. The first-order valence-corrected chi connectivity index (χ1v) is 9.88. The maximum absolute atomic E-state index is 12.2. The van der Waals surface area contributed by atoms with Gasteiger partial charge in [0.25, 0.3) is 0 Å². The standard InChI is InChI=1S/C14H20IN3O6S/c1-6(25-3)5-23-14(22)17-11-8(15)4-18(13(21)16-11)12-10(20)9(19)7(2)24-12/h4,6-7,9-10,12,19-20H,5H2,1-3H3,(H,16,17,21,22)/t6?,7-,9?,10?,12-/m1/s1. The van der Waals surface area contributed by atoms with Gasteiger partial charge in [0, 0.05) is 11.4 Å². The van der Waals surface area contributed by atoms with E-state index in [2.05, 4.69) is 10.3 Å². The van der Waals surface area contributed by atoms with Crippen molar-refractivity contribution in [1.82, 2.24) is 9.55 Å². The van der Waals surface area contributed by atoms with E-state index in [0.717, 1.165) is 4.57 Å². The lowest BCUT2D eigenvalue weighted by Gasteiger charge is -2.18. The fraction of sp³-hybridized carbons (Fsp3) is 0.643. The Bertz CT molecular complexity index is 687. The third-order valence-electron chi connectivity index (χ3n) is 3.73. The number of nitrogens with zero attached hydrogens (tertiary/aromatic N) is 2. The quantitative estimate of drug-likeness (QED) is 0.524. The van der Waals surface area contributed by atoms with Crippen LogP contribution < -0.4 is 11.0 Å². The monoisotopic (exact) mass is 485 g/mol. The molecule has 5 atom stereocenters. The second kappa shape index (κ2) is 8.66. The summed E-state index contributed by atoms with van der Waals surface area (Å²) in [5.74, 6) is 0.0599. The molecule has 0 spiro atoms. The first-order chi connectivity index (χ1) is 11.7. The minimum Gasteiger partial charge on any atom is -0.448 e. The zero-order valence-electron chi connectivity index (χ0n) is 13.9. The highest BCUT2D eigenvalue weighted by Gasteiger charge is 2.42. The molecule has 0 aliphatic carbocycles. The summed E-state index contributed by atoms with van der Waals surface area (Å²) >= 11 is 3.45. The van der Waals surface area contributed by atoms with Crippen molar-refractivity contribution in [3.05, 3.63) is 20.3 Å². The normalized spacial score (nSPS) is 27.1. The fourth-order valence-electron chi connectivity index (χ4n) is 2.17. The third-order valence-corrected chi connectivity index (χ3v) is 5.46. The van der Waals surface area contributed by atoms with E-state index in [4.69, 9.17) is 9.47 Å². The lowest BCUT2D eigenvalue weighted by molar-refractivity contribution is -0.0351. The van der Waals surface area contributed by atoms with Gasteiger partial charge in [0.05, 0.1) is 9.67 Å².